The van der Waals surface area contributed by atoms with Crippen LogP contribution in [0.2, 0.25) is 0 Å². The molecule has 1 saturated carbocycles. The summed E-state index contributed by atoms with van der Waals surface area (Å²) in [4.78, 5) is 15.7. The number of pyridine rings is 1. The average molecular weight is 248 g/mol. The van der Waals surface area contributed by atoms with Crippen LogP contribution >= 0.6 is 0 Å². The van der Waals surface area contributed by atoms with E-state index in [1.165, 1.54) is 0 Å². The quantitative estimate of drug-likeness (QED) is 0.860. The van der Waals surface area contributed by atoms with Crippen LogP contribution in [0, 0.1) is 12.3 Å². The van der Waals surface area contributed by atoms with Gasteiger partial charge in [-0.15, -0.1) is 0 Å². The third-order valence-corrected chi connectivity index (χ3v) is 3.78. The number of anilines is 1. The van der Waals surface area contributed by atoms with E-state index < -0.39 is 11.4 Å². The second-order valence-corrected chi connectivity index (χ2v) is 5.22. The lowest BCUT2D eigenvalue weighted by Crippen LogP contribution is -2.39. The van der Waals surface area contributed by atoms with Gasteiger partial charge in [0.2, 0.25) is 0 Å². The zero-order valence-electron chi connectivity index (χ0n) is 10.8. The molecule has 0 aromatic carbocycles. The van der Waals surface area contributed by atoms with Crippen molar-refractivity contribution in [2.75, 3.05) is 11.9 Å². The smallest absolute Gasteiger partial charge is 0.311 e. The molecule has 4 nitrogen and oxygen atoms in total. The van der Waals surface area contributed by atoms with E-state index in [0.29, 0.717) is 6.54 Å². The van der Waals surface area contributed by atoms with Crippen LogP contribution in [-0.4, -0.2) is 22.6 Å². The van der Waals surface area contributed by atoms with E-state index >= 15 is 0 Å². The number of aliphatic carboxylic acids is 1. The standard InChI is InChI=1S/C14H20N2O2/c1-11-5-6-12(15-9-11)16-10-14(13(17)18)7-3-2-4-8-14/h5-6,9H,2-4,7-8,10H2,1H3,(H,15,16)(H,17,18). The first kappa shape index (κ1) is 12.9. The van der Waals surface area contributed by atoms with E-state index in [1.54, 1.807) is 6.20 Å². The topological polar surface area (TPSA) is 62.2 Å². The summed E-state index contributed by atoms with van der Waals surface area (Å²) in [6, 6.07) is 3.87. The van der Waals surface area contributed by atoms with E-state index in [1.807, 2.05) is 19.1 Å². The maximum absolute atomic E-state index is 11.5. The van der Waals surface area contributed by atoms with E-state index in [9.17, 15) is 9.90 Å². The Bertz CT molecular complexity index is 408. The Morgan fingerprint density at radius 3 is 2.67 bits per heavy atom. The first-order valence-corrected chi connectivity index (χ1v) is 6.52. The summed E-state index contributed by atoms with van der Waals surface area (Å²) >= 11 is 0. The van der Waals surface area contributed by atoms with Gasteiger partial charge in [0.1, 0.15) is 5.82 Å². The van der Waals surface area contributed by atoms with E-state index in [-0.39, 0.29) is 0 Å². The molecule has 0 bridgehead atoms. The molecule has 1 fully saturated rings. The minimum absolute atomic E-state index is 0.471. The second-order valence-electron chi connectivity index (χ2n) is 5.22. The Balaban J connectivity index is 2.01. The number of carbonyl (C=O) groups is 1. The molecule has 2 N–H and O–H groups in total. The Labute approximate surface area is 107 Å². The van der Waals surface area contributed by atoms with Crippen molar-refractivity contribution in [3.05, 3.63) is 23.9 Å². The third kappa shape index (κ3) is 2.81. The van der Waals surface area contributed by atoms with Gasteiger partial charge in [-0.2, -0.15) is 0 Å². The molecular formula is C14H20N2O2. The highest BCUT2D eigenvalue weighted by Crippen LogP contribution is 2.36. The van der Waals surface area contributed by atoms with Crippen molar-refractivity contribution in [3.8, 4) is 0 Å². The van der Waals surface area contributed by atoms with Crippen LogP contribution < -0.4 is 5.32 Å². The highest BCUT2D eigenvalue weighted by atomic mass is 16.4. The van der Waals surface area contributed by atoms with Gasteiger partial charge in [0.25, 0.3) is 0 Å². The Kier molecular flexibility index (Phi) is 3.84. The van der Waals surface area contributed by atoms with Crippen LogP contribution in [0.15, 0.2) is 18.3 Å². The van der Waals surface area contributed by atoms with Crippen LogP contribution in [0.3, 0.4) is 0 Å². The molecule has 0 amide bonds. The molecule has 2 rings (SSSR count). The van der Waals surface area contributed by atoms with Crippen LogP contribution in [-0.2, 0) is 4.79 Å². The predicted octanol–water partition coefficient (Wildman–Crippen LogP) is 2.84. The number of nitrogens with one attached hydrogen (secondary N) is 1. The molecule has 0 unspecified atom stereocenters. The fraction of sp³-hybridized carbons (Fsp3) is 0.571. The lowest BCUT2D eigenvalue weighted by molar-refractivity contribution is -0.150. The van der Waals surface area contributed by atoms with Gasteiger partial charge in [0.05, 0.1) is 5.41 Å². The zero-order chi connectivity index (χ0) is 13.0. The molecule has 0 spiro atoms. The molecule has 1 heterocycles. The highest BCUT2D eigenvalue weighted by molar-refractivity contribution is 5.75. The van der Waals surface area contributed by atoms with Crippen LogP contribution in [0.1, 0.15) is 37.7 Å². The number of carboxylic acid groups (broad SMARTS) is 1. The lowest BCUT2D eigenvalue weighted by atomic mass is 9.74. The Morgan fingerprint density at radius 2 is 2.11 bits per heavy atom. The molecule has 1 aliphatic carbocycles. The van der Waals surface area contributed by atoms with E-state index in [0.717, 1.165) is 43.5 Å². The van der Waals surface area contributed by atoms with Gasteiger partial charge in [-0.25, -0.2) is 4.98 Å². The van der Waals surface area contributed by atoms with Gasteiger partial charge in [-0.3, -0.25) is 4.79 Å². The molecule has 1 aliphatic rings. The summed E-state index contributed by atoms with van der Waals surface area (Å²) in [6.45, 7) is 2.45. The van der Waals surface area contributed by atoms with Crippen molar-refractivity contribution < 1.29 is 9.90 Å². The van der Waals surface area contributed by atoms with Gasteiger partial charge in [0, 0.05) is 12.7 Å². The first-order chi connectivity index (χ1) is 8.62. The van der Waals surface area contributed by atoms with Crippen molar-refractivity contribution in [2.45, 2.75) is 39.0 Å². The SMILES string of the molecule is Cc1ccc(NCC2(C(=O)O)CCCCC2)nc1. The number of aryl methyl sites for hydroxylation is 1. The Hall–Kier alpha value is -1.58. The average Bonchev–Trinajstić information content (AvgIpc) is 2.39. The van der Waals surface area contributed by atoms with Gasteiger partial charge in [-0.1, -0.05) is 25.3 Å². The normalized spacial score (nSPS) is 18.3. The van der Waals surface area contributed by atoms with Crippen molar-refractivity contribution >= 4 is 11.8 Å². The molecule has 98 valence electrons. The number of hydrogen-bond acceptors (Lipinski definition) is 3. The number of rotatable bonds is 4. The minimum atomic E-state index is -0.679. The second kappa shape index (κ2) is 5.38. The molecule has 0 atom stereocenters. The lowest BCUT2D eigenvalue weighted by Gasteiger charge is -2.33. The molecule has 0 saturated heterocycles. The van der Waals surface area contributed by atoms with Crippen LogP contribution in [0.25, 0.3) is 0 Å². The van der Waals surface area contributed by atoms with Crippen molar-refractivity contribution in [2.24, 2.45) is 5.41 Å². The maximum Gasteiger partial charge on any atom is 0.311 e. The third-order valence-electron chi connectivity index (χ3n) is 3.78. The van der Waals surface area contributed by atoms with Crippen LogP contribution in [0.5, 0.6) is 0 Å². The molecule has 1 aromatic heterocycles. The van der Waals surface area contributed by atoms with E-state index in [2.05, 4.69) is 10.3 Å². The van der Waals surface area contributed by atoms with Gasteiger partial charge >= 0.3 is 5.97 Å². The minimum Gasteiger partial charge on any atom is -0.481 e. The van der Waals surface area contributed by atoms with Crippen molar-refractivity contribution in [1.82, 2.24) is 4.98 Å². The number of nitrogens with zero attached hydrogens (tertiary/aromatic N) is 1. The molecule has 0 aliphatic heterocycles. The molecule has 4 heteroatoms. The summed E-state index contributed by atoms with van der Waals surface area (Å²) in [6.07, 6.45) is 6.49. The number of hydrogen-bond donors (Lipinski definition) is 2. The summed E-state index contributed by atoms with van der Waals surface area (Å²) in [5.74, 6) is 0.0774. The number of carboxylic acids is 1. The molecule has 18 heavy (non-hydrogen) atoms. The molecule has 1 aromatic rings. The molecule has 0 radical (unpaired) electrons. The Morgan fingerprint density at radius 1 is 1.39 bits per heavy atom. The largest absolute Gasteiger partial charge is 0.481 e. The number of aromatic nitrogens is 1. The van der Waals surface area contributed by atoms with Crippen molar-refractivity contribution in [1.29, 1.82) is 0 Å². The monoisotopic (exact) mass is 248 g/mol. The van der Waals surface area contributed by atoms with Crippen molar-refractivity contribution in [3.63, 3.8) is 0 Å². The summed E-state index contributed by atoms with van der Waals surface area (Å²) < 4.78 is 0. The summed E-state index contributed by atoms with van der Waals surface area (Å²) in [5.41, 5.74) is 0.497. The summed E-state index contributed by atoms with van der Waals surface area (Å²) in [5, 5.41) is 12.6. The fourth-order valence-electron chi connectivity index (χ4n) is 2.53. The maximum atomic E-state index is 11.5. The predicted molar refractivity (Wildman–Crippen MR) is 70.6 cm³/mol. The van der Waals surface area contributed by atoms with Gasteiger partial charge in [0.15, 0.2) is 0 Å². The zero-order valence-corrected chi connectivity index (χ0v) is 10.8. The molecular weight excluding hydrogens is 228 g/mol. The van der Waals surface area contributed by atoms with Gasteiger partial charge < -0.3 is 10.4 Å². The fourth-order valence-corrected chi connectivity index (χ4v) is 2.53. The van der Waals surface area contributed by atoms with Gasteiger partial charge in [-0.05, 0) is 31.4 Å². The van der Waals surface area contributed by atoms with E-state index in [4.69, 9.17) is 0 Å². The first-order valence-electron chi connectivity index (χ1n) is 6.52. The summed E-state index contributed by atoms with van der Waals surface area (Å²) in [7, 11) is 0. The highest BCUT2D eigenvalue weighted by Gasteiger charge is 2.39. The van der Waals surface area contributed by atoms with Crippen LogP contribution in [0.4, 0.5) is 5.82 Å².